The van der Waals surface area contributed by atoms with Crippen molar-refractivity contribution in [2.45, 2.75) is 0 Å². The summed E-state index contributed by atoms with van der Waals surface area (Å²) in [6.45, 7) is 0.499. The van der Waals surface area contributed by atoms with E-state index < -0.39 is 0 Å². The standard InChI is InChI=1S/C4H7ClOS/c1-6-3-4(7)2-5/h2-3H2,1H3. The number of hydrogen-bond donors (Lipinski definition) is 0. The molecule has 0 bridgehead atoms. The topological polar surface area (TPSA) is 9.23 Å². The molecule has 0 aromatic rings. The summed E-state index contributed by atoms with van der Waals surface area (Å²) >= 11 is 10.0. The van der Waals surface area contributed by atoms with Gasteiger partial charge in [0, 0.05) is 12.0 Å². The van der Waals surface area contributed by atoms with Crippen LogP contribution in [-0.4, -0.2) is 24.5 Å². The molecule has 0 aliphatic rings. The molecule has 0 aliphatic heterocycles. The van der Waals surface area contributed by atoms with Crippen LogP contribution in [0, 0.1) is 0 Å². The van der Waals surface area contributed by atoms with Crippen molar-refractivity contribution in [2.24, 2.45) is 0 Å². The molecule has 0 spiro atoms. The average Bonchev–Trinajstić information content (AvgIpc) is 1.68. The molecule has 0 rings (SSSR count). The number of alkyl halides is 1. The fourth-order valence-corrected chi connectivity index (χ4v) is 0.395. The Hall–Kier alpha value is 0.340. The summed E-state index contributed by atoms with van der Waals surface area (Å²) in [5.74, 6) is 0.420. The van der Waals surface area contributed by atoms with E-state index in [1.54, 1.807) is 7.11 Å². The average molecular weight is 139 g/mol. The number of thiocarbonyl (C=S) groups is 1. The third-order valence-electron chi connectivity index (χ3n) is 0.454. The summed E-state index contributed by atoms with van der Waals surface area (Å²) < 4.78 is 4.67. The molecule has 0 saturated heterocycles. The zero-order chi connectivity index (χ0) is 5.70. The first-order valence-corrected chi connectivity index (χ1v) is 2.82. The summed E-state index contributed by atoms with van der Waals surface area (Å²) in [6.07, 6.45) is 0. The van der Waals surface area contributed by atoms with E-state index >= 15 is 0 Å². The molecule has 0 aliphatic carbocycles. The lowest BCUT2D eigenvalue weighted by molar-refractivity contribution is 0.246. The van der Waals surface area contributed by atoms with Crippen molar-refractivity contribution < 1.29 is 4.74 Å². The molecule has 0 radical (unpaired) electrons. The third kappa shape index (κ3) is 4.19. The van der Waals surface area contributed by atoms with E-state index in [4.69, 9.17) is 23.8 Å². The van der Waals surface area contributed by atoms with Crippen LogP contribution < -0.4 is 0 Å². The van der Waals surface area contributed by atoms with Crippen molar-refractivity contribution in [1.82, 2.24) is 0 Å². The predicted molar refractivity (Wildman–Crippen MR) is 35.2 cm³/mol. The molecule has 0 fully saturated rings. The van der Waals surface area contributed by atoms with Gasteiger partial charge >= 0.3 is 0 Å². The first kappa shape index (κ1) is 7.34. The van der Waals surface area contributed by atoms with Crippen molar-refractivity contribution in [3.05, 3.63) is 0 Å². The zero-order valence-electron chi connectivity index (χ0n) is 4.11. The zero-order valence-corrected chi connectivity index (χ0v) is 5.68. The molecule has 42 valence electrons. The number of halogens is 1. The molecular formula is C4H7ClOS. The molecule has 0 aromatic carbocycles. The van der Waals surface area contributed by atoms with Gasteiger partial charge in [0.05, 0.1) is 12.5 Å². The van der Waals surface area contributed by atoms with Gasteiger partial charge in [0.2, 0.25) is 0 Å². The lowest BCUT2D eigenvalue weighted by Gasteiger charge is -1.92. The van der Waals surface area contributed by atoms with E-state index in [2.05, 4.69) is 4.74 Å². The highest BCUT2D eigenvalue weighted by molar-refractivity contribution is 7.80. The molecule has 0 aromatic heterocycles. The Morgan fingerprint density at radius 2 is 2.43 bits per heavy atom. The second kappa shape index (κ2) is 4.50. The van der Waals surface area contributed by atoms with E-state index in [0.29, 0.717) is 12.5 Å². The van der Waals surface area contributed by atoms with Gasteiger partial charge in [0.15, 0.2) is 0 Å². The van der Waals surface area contributed by atoms with Gasteiger partial charge in [-0.05, 0) is 0 Å². The van der Waals surface area contributed by atoms with Crippen molar-refractivity contribution in [3.8, 4) is 0 Å². The smallest absolute Gasteiger partial charge is 0.0787 e. The van der Waals surface area contributed by atoms with Crippen molar-refractivity contribution in [2.75, 3.05) is 19.6 Å². The van der Waals surface area contributed by atoms with E-state index in [-0.39, 0.29) is 0 Å². The highest BCUT2D eigenvalue weighted by Gasteiger charge is 1.88. The summed E-state index contributed by atoms with van der Waals surface area (Å²) in [7, 11) is 1.60. The van der Waals surface area contributed by atoms with Crippen LogP contribution in [0.3, 0.4) is 0 Å². The largest absolute Gasteiger partial charge is 0.379 e. The summed E-state index contributed by atoms with van der Waals surface area (Å²) in [4.78, 5) is 0.754. The van der Waals surface area contributed by atoms with Gasteiger partial charge in [0.1, 0.15) is 0 Å². The number of methoxy groups -OCH3 is 1. The monoisotopic (exact) mass is 138 g/mol. The van der Waals surface area contributed by atoms with Gasteiger partial charge in [-0.1, -0.05) is 12.2 Å². The summed E-state index contributed by atoms with van der Waals surface area (Å²) in [6, 6.07) is 0. The normalized spacial score (nSPS) is 8.86. The van der Waals surface area contributed by atoms with E-state index in [1.165, 1.54) is 0 Å². The second-order valence-corrected chi connectivity index (χ2v) is 1.95. The first-order chi connectivity index (χ1) is 3.31. The third-order valence-corrected chi connectivity index (χ3v) is 1.20. The maximum Gasteiger partial charge on any atom is 0.0787 e. The lowest BCUT2D eigenvalue weighted by atomic mass is 10.5. The molecule has 0 heterocycles. The van der Waals surface area contributed by atoms with Crippen LogP contribution in [0.4, 0.5) is 0 Å². The molecule has 7 heavy (non-hydrogen) atoms. The van der Waals surface area contributed by atoms with Crippen LogP contribution in [0.1, 0.15) is 0 Å². The maximum absolute atomic E-state index is 5.31. The molecule has 0 N–H and O–H groups in total. The van der Waals surface area contributed by atoms with Crippen LogP contribution in [0.15, 0.2) is 0 Å². The minimum absolute atomic E-state index is 0.420. The Bertz CT molecular complexity index is 64.7. The van der Waals surface area contributed by atoms with Gasteiger partial charge in [-0.2, -0.15) is 0 Å². The number of rotatable bonds is 3. The van der Waals surface area contributed by atoms with Gasteiger partial charge in [-0.15, -0.1) is 11.6 Å². The highest BCUT2D eigenvalue weighted by atomic mass is 35.5. The Morgan fingerprint density at radius 1 is 1.86 bits per heavy atom. The van der Waals surface area contributed by atoms with E-state index in [9.17, 15) is 0 Å². The highest BCUT2D eigenvalue weighted by Crippen LogP contribution is 1.82. The van der Waals surface area contributed by atoms with Crippen LogP contribution in [-0.2, 0) is 4.74 Å². The van der Waals surface area contributed by atoms with Crippen LogP contribution in [0.5, 0.6) is 0 Å². The SMILES string of the molecule is COCC(=S)CCl. The van der Waals surface area contributed by atoms with Crippen molar-refractivity contribution in [1.29, 1.82) is 0 Å². The summed E-state index contributed by atoms with van der Waals surface area (Å²) in [5, 5.41) is 0. The van der Waals surface area contributed by atoms with E-state index in [0.717, 1.165) is 4.86 Å². The second-order valence-electron chi connectivity index (χ2n) is 1.11. The van der Waals surface area contributed by atoms with Crippen LogP contribution in [0.25, 0.3) is 0 Å². The molecule has 0 saturated carbocycles. The molecule has 0 amide bonds. The number of ether oxygens (including phenoxy) is 1. The summed E-state index contributed by atoms with van der Waals surface area (Å²) in [5.41, 5.74) is 0. The number of hydrogen-bond acceptors (Lipinski definition) is 2. The minimum atomic E-state index is 0.420. The van der Waals surface area contributed by atoms with Gasteiger partial charge in [-0.3, -0.25) is 0 Å². The van der Waals surface area contributed by atoms with Crippen LogP contribution in [0.2, 0.25) is 0 Å². The molecule has 0 atom stereocenters. The predicted octanol–water partition coefficient (Wildman–Crippen LogP) is 1.24. The van der Waals surface area contributed by atoms with Gasteiger partial charge < -0.3 is 4.74 Å². The fourth-order valence-electron chi connectivity index (χ4n) is 0.200. The fraction of sp³-hybridized carbons (Fsp3) is 0.750. The molecular weight excluding hydrogens is 132 g/mol. The van der Waals surface area contributed by atoms with Crippen molar-refractivity contribution >= 4 is 28.7 Å². The van der Waals surface area contributed by atoms with E-state index in [1.807, 2.05) is 0 Å². The quantitative estimate of drug-likeness (QED) is 0.429. The molecule has 1 nitrogen and oxygen atoms in total. The Morgan fingerprint density at radius 3 is 2.57 bits per heavy atom. The molecule has 3 heteroatoms. The molecule has 0 unspecified atom stereocenters. The minimum Gasteiger partial charge on any atom is -0.379 e. The van der Waals surface area contributed by atoms with Crippen molar-refractivity contribution in [3.63, 3.8) is 0 Å². The van der Waals surface area contributed by atoms with Gasteiger partial charge in [0.25, 0.3) is 0 Å². The maximum atomic E-state index is 5.31. The Kier molecular flexibility index (Phi) is 4.72. The Balaban J connectivity index is 3.00. The van der Waals surface area contributed by atoms with Crippen LogP contribution >= 0.6 is 23.8 Å². The lowest BCUT2D eigenvalue weighted by Crippen LogP contribution is -2.03. The Labute approximate surface area is 53.6 Å². The van der Waals surface area contributed by atoms with Gasteiger partial charge in [-0.25, -0.2) is 0 Å². The first-order valence-electron chi connectivity index (χ1n) is 1.88.